The van der Waals surface area contributed by atoms with Crippen molar-refractivity contribution in [1.29, 1.82) is 0 Å². The molecule has 1 rings (SSSR count). The second kappa shape index (κ2) is 5.98. The molecule has 0 aromatic heterocycles. The molecule has 0 radical (unpaired) electrons. The molecule has 0 aliphatic carbocycles. The zero-order valence-electron chi connectivity index (χ0n) is 8.64. The summed E-state index contributed by atoms with van der Waals surface area (Å²) < 4.78 is 4.83. The van der Waals surface area contributed by atoms with Crippen LogP contribution in [-0.2, 0) is 9.53 Å². The number of carboxylic acids is 1. The van der Waals surface area contributed by atoms with Crippen LogP contribution in [0.5, 0.6) is 0 Å². The number of rotatable bonds is 5. The lowest BCUT2D eigenvalue weighted by Crippen LogP contribution is -2.21. The van der Waals surface area contributed by atoms with Gasteiger partial charge in [0.25, 0.3) is 0 Å². The first-order chi connectivity index (χ1) is 7.54. The van der Waals surface area contributed by atoms with Gasteiger partial charge in [-0.3, -0.25) is 4.79 Å². The van der Waals surface area contributed by atoms with Crippen molar-refractivity contribution in [2.45, 2.75) is 10.1 Å². The minimum Gasteiger partial charge on any atom is -0.480 e. The van der Waals surface area contributed by atoms with E-state index in [2.05, 4.69) is 0 Å². The van der Waals surface area contributed by atoms with Gasteiger partial charge in [-0.25, -0.2) is 0 Å². The standard InChI is InChI=1S/C10H12ClNO3S/c1-15-5-9(10(13)14)16-8-3-2-6(11)4-7(8)12/h2-4,9H,5,12H2,1H3,(H,13,14). The van der Waals surface area contributed by atoms with Gasteiger partial charge in [0.15, 0.2) is 0 Å². The Morgan fingerprint density at radius 3 is 2.88 bits per heavy atom. The summed E-state index contributed by atoms with van der Waals surface area (Å²) >= 11 is 6.90. The van der Waals surface area contributed by atoms with Gasteiger partial charge < -0.3 is 15.6 Å². The molecular weight excluding hydrogens is 250 g/mol. The van der Waals surface area contributed by atoms with Crippen LogP contribution in [0.15, 0.2) is 23.1 Å². The summed E-state index contributed by atoms with van der Waals surface area (Å²) in [7, 11) is 1.46. The van der Waals surface area contributed by atoms with Crippen molar-refractivity contribution in [3.8, 4) is 0 Å². The van der Waals surface area contributed by atoms with Crippen molar-refractivity contribution in [2.75, 3.05) is 19.5 Å². The van der Waals surface area contributed by atoms with Crippen LogP contribution in [0.4, 0.5) is 5.69 Å². The molecule has 0 bridgehead atoms. The van der Waals surface area contributed by atoms with E-state index < -0.39 is 11.2 Å². The number of hydrogen-bond acceptors (Lipinski definition) is 4. The van der Waals surface area contributed by atoms with Crippen LogP contribution in [0.3, 0.4) is 0 Å². The molecule has 0 saturated heterocycles. The molecule has 4 nitrogen and oxygen atoms in total. The van der Waals surface area contributed by atoms with Crippen LogP contribution in [-0.4, -0.2) is 30.0 Å². The van der Waals surface area contributed by atoms with E-state index in [0.29, 0.717) is 15.6 Å². The van der Waals surface area contributed by atoms with Gasteiger partial charge in [-0.05, 0) is 18.2 Å². The maximum absolute atomic E-state index is 10.9. The minimum absolute atomic E-state index is 0.127. The molecule has 6 heteroatoms. The Bertz CT molecular complexity index is 386. The van der Waals surface area contributed by atoms with E-state index in [0.717, 1.165) is 11.8 Å². The zero-order valence-corrected chi connectivity index (χ0v) is 10.2. The molecule has 16 heavy (non-hydrogen) atoms. The number of carbonyl (C=O) groups is 1. The first kappa shape index (κ1) is 13.2. The van der Waals surface area contributed by atoms with Gasteiger partial charge in [0.2, 0.25) is 0 Å². The highest BCUT2D eigenvalue weighted by molar-refractivity contribution is 8.00. The lowest BCUT2D eigenvalue weighted by molar-refractivity contribution is -0.137. The van der Waals surface area contributed by atoms with E-state index >= 15 is 0 Å². The Morgan fingerprint density at radius 1 is 1.69 bits per heavy atom. The number of thioether (sulfide) groups is 1. The number of nitrogen functional groups attached to an aromatic ring is 1. The molecule has 0 heterocycles. The van der Waals surface area contributed by atoms with E-state index in [1.54, 1.807) is 18.2 Å². The molecule has 1 unspecified atom stereocenters. The van der Waals surface area contributed by atoms with Crippen LogP contribution in [0.1, 0.15) is 0 Å². The molecule has 0 fully saturated rings. The molecular formula is C10H12ClNO3S. The predicted molar refractivity (Wildman–Crippen MR) is 65.0 cm³/mol. The Kier molecular flexibility index (Phi) is 4.92. The molecule has 0 saturated carbocycles. The summed E-state index contributed by atoms with van der Waals surface area (Å²) in [5.41, 5.74) is 6.20. The average molecular weight is 262 g/mol. The van der Waals surface area contributed by atoms with Crippen molar-refractivity contribution in [2.24, 2.45) is 0 Å². The summed E-state index contributed by atoms with van der Waals surface area (Å²) in [5.74, 6) is -0.929. The summed E-state index contributed by atoms with van der Waals surface area (Å²) in [5, 5.41) is 8.80. The maximum atomic E-state index is 10.9. The number of nitrogens with two attached hydrogens (primary N) is 1. The summed E-state index contributed by atoms with van der Waals surface area (Å²) in [6.45, 7) is 0.127. The van der Waals surface area contributed by atoms with Gasteiger partial charge >= 0.3 is 5.97 Å². The fourth-order valence-corrected chi connectivity index (χ4v) is 2.22. The first-order valence-electron chi connectivity index (χ1n) is 4.48. The van der Waals surface area contributed by atoms with E-state index in [4.69, 9.17) is 27.2 Å². The molecule has 88 valence electrons. The van der Waals surface area contributed by atoms with Crippen molar-refractivity contribution < 1.29 is 14.6 Å². The van der Waals surface area contributed by atoms with Crippen LogP contribution in [0.2, 0.25) is 5.02 Å². The number of benzene rings is 1. The van der Waals surface area contributed by atoms with Gasteiger partial charge in [-0.15, -0.1) is 11.8 Å². The highest BCUT2D eigenvalue weighted by Gasteiger charge is 2.19. The zero-order chi connectivity index (χ0) is 12.1. The summed E-state index contributed by atoms with van der Waals surface area (Å²) in [6, 6.07) is 4.97. The number of anilines is 1. The van der Waals surface area contributed by atoms with Crippen molar-refractivity contribution >= 4 is 35.0 Å². The maximum Gasteiger partial charge on any atom is 0.319 e. The molecule has 0 aliphatic heterocycles. The van der Waals surface area contributed by atoms with Crippen LogP contribution >= 0.6 is 23.4 Å². The fraction of sp³-hybridized carbons (Fsp3) is 0.300. The third-order valence-corrected chi connectivity index (χ3v) is 3.32. The molecule has 1 aromatic rings. The number of methoxy groups -OCH3 is 1. The van der Waals surface area contributed by atoms with Gasteiger partial charge in [0.1, 0.15) is 5.25 Å². The summed E-state index contributed by atoms with van der Waals surface area (Å²) in [6.07, 6.45) is 0. The molecule has 1 aromatic carbocycles. The highest BCUT2D eigenvalue weighted by Crippen LogP contribution is 2.31. The topological polar surface area (TPSA) is 72.5 Å². The lowest BCUT2D eigenvalue weighted by Gasteiger charge is -2.12. The molecule has 0 aliphatic rings. The Morgan fingerprint density at radius 2 is 2.38 bits per heavy atom. The third kappa shape index (κ3) is 3.59. The van der Waals surface area contributed by atoms with Crippen LogP contribution in [0, 0.1) is 0 Å². The lowest BCUT2D eigenvalue weighted by atomic mass is 10.3. The number of aliphatic carboxylic acids is 1. The second-order valence-electron chi connectivity index (χ2n) is 3.08. The van der Waals surface area contributed by atoms with Gasteiger partial charge in [0, 0.05) is 22.7 Å². The SMILES string of the molecule is COCC(Sc1ccc(Cl)cc1N)C(=O)O. The van der Waals surface area contributed by atoms with E-state index in [1.807, 2.05) is 0 Å². The Hall–Kier alpha value is -0.910. The Balaban J connectivity index is 2.81. The monoisotopic (exact) mass is 261 g/mol. The largest absolute Gasteiger partial charge is 0.480 e. The fourth-order valence-electron chi connectivity index (χ4n) is 1.09. The molecule has 1 atom stereocenters. The van der Waals surface area contributed by atoms with Crippen molar-refractivity contribution in [1.82, 2.24) is 0 Å². The van der Waals surface area contributed by atoms with Crippen LogP contribution in [0.25, 0.3) is 0 Å². The smallest absolute Gasteiger partial charge is 0.319 e. The van der Waals surface area contributed by atoms with Crippen LogP contribution < -0.4 is 5.73 Å². The second-order valence-corrected chi connectivity index (χ2v) is 4.76. The molecule has 0 amide bonds. The van der Waals surface area contributed by atoms with Crippen molar-refractivity contribution in [3.63, 3.8) is 0 Å². The molecule has 3 N–H and O–H groups in total. The number of hydrogen-bond donors (Lipinski definition) is 2. The van der Waals surface area contributed by atoms with Gasteiger partial charge in [-0.2, -0.15) is 0 Å². The number of carboxylic acid groups (broad SMARTS) is 1. The molecule has 0 spiro atoms. The van der Waals surface area contributed by atoms with Crippen molar-refractivity contribution in [3.05, 3.63) is 23.2 Å². The quantitative estimate of drug-likeness (QED) is 0.627. The van der Waals surface area contributed by atoms with Gasteiger partial charge in [-0.1, -0.05) is 11.6 Å². The highest BCUT2D eigenvalue weighted by atomic mass is 35.5. The van der Waals surface area contributed by atoms with E-state index in [1.165, 1.54) is 7.11 Å². The minimum atomic E-state index is -0.929. The number of halogens is 1. The summed E-state index contributed by atoms with van der Waals surface area (Å²) in [4.78, 5) is 11.6. The third-order valence-electron chi connectivity index (χ3n) is 1.83. The first-order valence-corrected chi connectivity index (χ1v) is 5.73. The number of ether oxygens (including phenoxy) is 1. The normalized spacial score (nSPS) is 12.4. The van der Waals surface area contributed by atoms with Gasteiger partial charge in [0.05, 0.1) is 6.61 Å². The van der Waals surface area contributed by atoms with E-state index in [-0.39, 0.29) is 6.61 Å². The average Bonchev–Trinajstić information content (AvgIpc) is 2.20. The predicted octanol–water partition coefficient (Wildman–Crippen LogP) is 2.11. The Labute approximate surface area is 103 Å². The van der Waals surface area contributed by atoms with E-state index in [9.17, 15) is 4.79 Å².